The van der Waals surface area contributed by atoms with Gasteiger partial charge in [-0.3, -0.25) is 4.79 Å². The molecule has 0 spiro atoms. The molecular weight excluding hydrogens is 197 g/mol. The molecule has 0 saturated carbocycles. The molecule has 0 saturated heterocycles. The van der Waals surface area contributed by atoms with Gasteiger partial charge in [0, 0.05) is 5.39 Å². The third-order valence-electron chi connectivity index (χ3n) is 2.18. The average molecular weight is 207 g/mol. The molecule has 0 aliphatic rings. The zero-order chi connectivity index (χ0) is 10.8. The quantitative estimate of drug-likeness (QED) is 0.782. The number of hydrogen-bond donors (Lipinski definition) is 1. The number of carbonyl (C=O) groups is 1. The maximum absolute atomic E-state index is 13.5. The van der Waals surface area contributed by atoms with Gasteiger partial charge in [0.1, 0.15) is 11.4 Å². The Morgan fingerprint density at radius 1 is 1.53 bits per heavy atom. The summed E-state index contributed by atoms with van der Waals surface area (Å²) in [7, 11) is 1.64. The highest BCUT2D eigenvalue weighted by Gasteiger charge is 2.13. The van der Waals surface area contributed by atoms with Crippen molar-refractivity contribution in [2.75, 3.05) is 13.6 Å². The van der Waals surface area contributed by atoms with E-state index >= 15 is 0 Å². The van der Waals surface area contributed by atoms with E-state index in [1.165, 1.54) is 18.4 Å². The third-order valence-corrected chi connectivity index (χ3v) is 2.18. The normalized spacial score (nSPS) is 10.8. The first-order valence-electron chi connectivity index (χ1n) is 4.57. The molecule has 2 aromatic rings. The molecular formula is C11H10FNO2. The molecule has 1 heterocycles. The van der Waals surface area contributed by atoms with E-state index in [1.54, 1.807) is 13.1 Å². The van der Waals surface area contributed by atoms with Gasteiger partial charge >= 0.3 is 0 Å². The summed E-state index contributed by atoms with van der Waals surface area (Å²) in [6.45, 7) is 0.114. The Morgan fingerprint density at radius 3 is 3.07 bits per heavy atom. The van der Waals surface area contributed by atoms with Crippen molar-refractivity contribution in [3.8, 4) is 0 Å². The third kappa shape index (κ3) is 1.76. The summed E-state index contributed by atoms with van der Waals surface area (Å²) in [6, 6.07) is 4.40. The molecule has 0 fully saturated rings. The summed E-state index contributed by atoms with van der Waals surface area (Å²) in [4.78, 5) is 11.5. The van der Waals surface area contributed by atoms with Gasteiger partial charge in [0.25, 0.3) is 0 Å². The monoisotopic (exact) mass is 207 g/mol. The molecule has 0 aliphatic carbocycles. The highest BCUT2D eigenvalue weighted by molar-refractivity contribution is 6.00. The minimum Gasteiger partial charge on any atom is -0.464 e. The maximum Gasteiger partial charge on any atom is 0.179 e. The number of nitrogens with one attached hydrogen (secondary N) is 1. The highest BCUT2D eigenvalue weighted by Crippen LogP contribution is 2.20. The van der Waals surface area contributed by atoms with Crippen molar-refractivity contribution in [3.63, 3.8) is 0 Å². The fourth-order valence-corrected chi connectivity index (χ4v) is 1.45. The van der Waals surface area contributed by atoms with Gasteiger partial charge in [0.2, 0.25) is 0 Å². The second-order valence-electron chi connectivity index (χ2n) is 3.24. The molecule has 15 heavy (non-hydrogen) atoms. The van der Waals surface area contributed by atoms with E-state index in [-0.39, 0.29) is 17.9 Å². The van der Waals surface area contributed by atoms with Crippen LogP contribution in [0.2, 0.25) is 0 Å². The summed E-state index contributed by atoms with van der Waals surface area (Å²) in [5.41, 5.74) is 0.586. The van der Waals surface area contributed by atoms with Gasteiger partial charge in [-0.1, -0.05) is 0 Å². The summed E-state index contributed by atoms with van der Waals surface area (Å²) < 4.78 is 18.6. The summed E-state index contributed by atoms with van der Waals surface area (Å²) in [5, 5.41) is 3.35. The summed E-state index contributed by atoms with van der Waals surface area (Å²) in [6.07, 6.45) is 1.47. The molecule has 0 aliphatic heterocycles. The Kier molecular flexibility index (Phi) is 2.51. The smallest absolute Gasteiger partial charge is 0.179 e. The Hall–Kier alpha value is -1.68. The first-order chi connectivity index (χ1) is 7.22. The Bertz CT molecular complexity index is 504. The van der Waals surface area contributed by atoms with E-state index in [2.05, 4.69) is 5.32 Å². The van der Waals surface area contributed by atoms with Crippen LogP contribution in [0.25, 0.3) is 11.0 Å². The number of carbonyl (C=O) groups excluding carboxylic acids is 1. The number of halogens is 1. The van der Waals surface area contributed by atoms with Gasteiger partial charge in [-0.2, -0.15) is 0 Å². The van der Waals surface area contributed by atoms with Crippen molar-refractivity contribution in [2.45, 2.75) is 0 Å². The molecule has 4 heteroatoms. The molecule has 0 radical (unpaired) electrons. The standard InChI is InChI=1S/C11H10FNO2/c1-13-6-10(14)8-5-11-7(2-3-15-11)4-9(8)12/h2-5,13H,6H2,1H3. The average Bonchev–Trinajstić information content (AvgIpc) is 2.63. The molecule has 0 bridgehead atoms. The Balaban J connectivity index is 2.50. The SMILES string of the molecule is CNCC(=O)c1cc2occc2cc1F. The van der Waals surface area contributed by atoms with Crippen molar-refractivity contribution in [1.82, 2.24) is 5.32 Å². The van der Waals surface area contributed by atoms with Crippen LogP contribution in [0, 0.1) is 5.82 Å². The number of rotatable bonds is 3. The number of likely N-dealkylation sites (N-methyl/N-ethyl adjacent to an activating group) is 1. The molecule has 0 unspecified atom stereocenters. The number of benzene rings is 1. The molecule has 0 amide bonds. The number of ketones is 1. The lowest BCUT2D eigenvalue weighted by atomic mass is 10.1. The molecule has 3 nitrogen and oxygen atoms in total. The van der Waals surface area contributed by atoms with Crippen molar-refractivity contribution in [1.29, 1.82) is 0 Å². The summed E-state index contributed by atoms with van der Waals surface area (Å²) >= 11 is 0. The number of hydrogen-bond acceptors (Lipinski definition) is 3. The predicted octanol–water partition coefficient (Wildman–Crippen LogP) is 1.97. The molecule has 78 valence electrons. The second kappa shape index (κ2) is 3.82. The van der Waals surface area contributed by atoms with Crippen LogP contribution in [0.1, 0.15) is 10.4 Å². The topological polar surface area (TPSA) is 42.2 Å². The first kappa shape index (κ1) is 9.86. The second-order valence-corrected chi connectivity index (χ2v) is 3.24. The van der Waals surface area contributed by atoms with Crippen molar-refractivity contribution >= 4 is 16.8 Å². The maximum atomic E-state index is 13.5. The van der Waals surface area contributed by atoms with Gasteiger partial charge in [0.05, 0.1) is 18.4 Å². The Morgan fingerprint density at radius 2 is 2.33 bits per heavy atom. The van der Waals surface area contributed by atoms with E-state index in [0.29, 0.717) is 11.0 Å². The molecule has 0 atom stereocenters. The first-order valence-corrected chi connectivity index (χ1v) is 4.57. The van der Waals surface area contributed by atoms with Gasteiger partial charge in [-0.05, 0) is 25.2 Å². The van der Waals surface area contributed by atoms with Crippen molar-refractivity contribution in [2.24, 2.45) is 0 Å². The molecule has 1 aromatic heterocycles. The van der Waals surface area contributed by atoms with Gasteiger partial charge in [-0.15, -0.1) is 0 Å². The summed E-state index contributed by atoms with van der Waals surface area (Å²) in [5.74, 6) is -0.794. The fraction of sp³-hybridized carbons (Fsp3) is 0.182. The van der Waals surface area contributed by atoms with E-state index in [0.717, 1.165) is 0 Å². The zero-order valence-electron chi connectivity index (χ0n) is 8.21. The van der Waals surface area contributed by atoms with E-state index in [9.17, 15) is 9.18 Å². The van der Waals surface area contributed by atoms with E-state index in [4.69, 9.17) is 4.42 Å². The lowest BCUT2D eigenvalue weighted by Crippen LogP contribution is -2.19. The van der Waals surface area contributed by atoms with Crippen LogP contribution < -0.4 is 5.32 Å². The zero-order valence-corrected chi connectivity index (χ0v) is 8.21. The van der Waals surface area contributed by atoms with Crippen LogP contribution in [0.15, 0.2) is 28.9 Å². The van der Waals surface area contributed by atoms with Crippen LogP contribution in [0.5, 0.6) is 0 Å². The van der Waals surface area contributed by atoms with E-state index in [1.807, 2.05) is 0 Å². The van der Waals surface area contributed by atoms with Gasteiger partial charge in [0.15, 0.2) is 5.78 Å². The number of furan rings is 1. The molecule has 1 N–H and O–H groups in total. The molecule has 1 aromatic carbocycles. The minimum absolute atomic E-state index is 0.0619. The Labute approximate surface area is 85.9 Å². The van der Waals surface area contributed by atoms with Gasteiger partial charge < -0.3 is 9.73 Å². The van der Waals surface area contributed by atoms with Crippen LogP contribution >= 0.6 is 0 Å². The van der Waals surface area contributed by atoms with E-state index < -0.39 is 5.82 Å². The van der Waals surface area contributed by atoms with Crippen LogP contribution in [0.4, 0.5) is 4.39 Å². The number of fused-ring (bicyclic) bond motifs is 1. The van der Waals surface area contributed by atoms with Crippen LogP contribution in [-0.4, -0.2) is 19.4 Å². The van der Waals surface area contributed by atoms with Crippen molar-refractivity contribution in [3.05, 3.63) is 35.8 Å². The fourth-order valence-electron chi connectivity index (χ4n) is 1.45. The number of Topliss-reactive ketones (excluding diaryl/α,β-unsaturated/α-hetero) is 1. The lowest BCUT2D eigenvalue weighted by molar-refractivity contribution is 0.0990. The highest BCUT2D eigenvalue weighted by atomic mass is 19.1. The van der Waals surface area contributed by atoms with Crippen LogP contribution in [0.3, 0.4) is 0 Å². The minimum atomic E-state index is -0.510. The lowest BCUT2D eigenvalue weighted by Gasteiger charge is -2.01. The molecule has 2 rings (SSSR count). The predicted molar refractivity (Wildman–Crippen MR) is 54.4 cm³/mol. The van der Waals surface area contributed by atoms with Crippen molar-refractivity contribution < 1.29 is 13.6 Å². The van der Waals surface area contributed by atoms with Crippen LogP contribution in [-0.2, 0) is 0 Å². The largest absolute Gasteiger partial charge is 0.464 e. The van der Waals surface area contributed by atoms with Gasteiger partial charge in [-0.25, -0.2) is 4.39 Å².